The van der Waals surface area contributed by atoms with Gasteiger partial charge < -0.3 is 5.32 Å². The monoisotopic (exact) mass is 301 g/mol. The lowest BCUT2D eigenvalue weighted by atomic mass is 10.00. The van der Waals surface area contributed by atoms with Crippen LogP contribution in [0.2, 0.25) is 5.02 Å². The van der Waals surface area contributed by atoms with Gasteiger partial charge in [-0.3, -0.25) is 0 Å². The molecule has 0 saturated carbocycles. The minimum atomic E-state index is 0.309. The summed E-state index contributed by atoms with van der Waals surface area (Å²) >= 11 is 6.12. The molecule has 0 aromatic heterocycles. The van der Waals surface area contributed by atoms with E-state index in [0.29, 0.717) is 12.0 Å². The van der Waals surface area contributed by atoms with Gasteiger partial charge in [0, 0.05) is 10.7 Å². The fraction of sp³-hybridized carbons (Fsp3) is 0.368. The summed E-state index contributed by atoms with van der Waals surface area (Å²) < 4.78 is 0. The van der Waals surface area contributed by atoms with Gasteiger partial charge in [0.05, 0.1) is 6.04 Å². The van der Waals surface area contributed by atoms with Crippen LogP contribution >= 0.6 is 11.6 Å². The third kappa shape index (κ3) is 4.01. The second-order valence-electron chi connectivity index (χ2n) is 5.89. The third-order valence-electron chi connectivity index (χ3n) is 3.89. The average molecular weight is 302 g/mol. The molecule has 0 bridgehead atoms. The molecule has 1 nitrogen and oxygen atoms in total. The Hall–Kier alpha value is -1.47. The van der Waals surface area contributed by atoms with Gasteiger partial charge in [-0.2, -0.15) is 0 Å². The van der Waals surface area contributed by atoms with Crippen molar-refractivity contribution < 1.29 is 0 Å². The van der Waals surface area contributed by atoms with Gasteiger partial charge in [0.1, 0.15) is 0 Å². The van der Waals surface area contributed by atoms with E-state index in [1.165, 1.54) is 16.8 Å². The molecule has 0 unspecified atom stereocenters. The summed E-state index contributed by atoms with van der Waals surface area (Å²) in [4.78, 5) is 0. The summed E-state index contributed by atoms with van der Waals surface area (Å²) in [6.07, 6.45) is 1.03. The van der Waals surface area contributed by atoms with Crippen molar-refractivity contribution in [3.63, 3.8) is 0 Å². The van der Waals surface area contributed by atoms with E-state index in [-0.39, 0.29) is 0 Å². The molecule has 0 aliphatic rings. The number of hydrogen-bond acceptors (Lipinski definition) is 1. The first-order valence-electron chi connectivity index (χ1n) is 7.63. The molecule has 0 radical (unpaired) electrons. The van der Waals surface area contributed by atoms with Crippen LogP contribution in [0.3, 0.4) is 0 Å². The van der Waals surface area contributed by atoms with Crippen molar-refractivity contribution in [3.05, 3.63) is 64.2 Å². The Morgan fingerprint density at radius 3 is 2.43 bits per heavy atom. The summed E-state index contributed by atoms with van der Waals surface area (Å²) in [5.41, 5.74) is 4.96. The summed E-state index contributed by atoms with van der Waals surface area (Å²) in [5, 5.41) is 4.47. The van der Waals surface area contributed by atoms with Crippen LogP contribution in [0.25, 0.3) is 0 Å². The first kappa shape index (κ1) is 15.9. The van der Waals surface area contributed by atoms with Crippen molar-refractivity contribution in [2.24, 2.45) is 0 Å². The molecule has 2 rings (SSSR count). The lowest BCUT2D eigenvalue weighted by Crippen LogP contribution is -2.10. The highest BCUT2D eigenvalue weighted by atomic mass is 35.5. The minimum absolute atomic E-state index is 0.309. The number of hydrogen-bond donors (Lipinski definition) is 1. The normalized spacial score (nSPS) is 12.5. The number of halogens is 1. The highest BCUT2D eigenvalue weighted by Gasteiger charge is 2.11. The van der Waals surface area contributed by atoms with Crippen molar-refractivity contribution in [3.8, 4) is 0 Å². The average Bonchev–Trinajstić information content (AvgIpc) is 2.48. The van der Waals surface area contributed by atoms with Crippen molar-refractivity contribution in [2.45, 2.75) is 46.1 Å². The smallest absolute Gasteiger partial charge is 0.0511 e. The first-order chi connectivity index (χ1) is 10.0. The van der Waals surface area contributed by atoms with Crippen molar-refractivity contribution in [2.75, 3.05) is 5.32 Å². The van der Waals surface area contributed by atoms with Crippen LogP contribution < -0.4 is 5.32 Å². The van der Waals surface area contributed by atoms with Gasteiger partial charge in [0.25, 0.3) is 0 Å². The lowest BCUT2D eigenvalue weighted by molar-refractivity contribution is 0.747. The van der Waals surface area contributed by atoms with E-state index in [1.54, 1.807) is 0 Å². The highest BCUT2D eigenvalue weighted by molar-refractivity contribution is 6.31. The molecule has 112 valence electrons. The number of benzene rings is 2. The second-order valence-corrected chi connectivity index (χ2v) is 6.30. The van der Waals surface area contributed by atoms with E-state index in [0.717, 1.165) is 17.0 Å². The quantitative estimate of drug-likeness (QED) is 0.680. The molecule has 0 spiro atoms. The van der Waals surface area contributed by atoms with E-state index in [1.807, 2.05) is 6.07 Å². The predicted molar refractivity (Wildman–Crippen MR) is 93.4 cm³/mol. The van der Waals surface area contributed by atoms with E-state index in [9.17, 15) is 0 Å². The van der Waals surface area contributed by atoms with Gasteiger partial charge in [0.2, 0.25) is 0 Å². The van der Waals surface area contributed by atoms with E-state index >= 15 is 0 Å². The van der Waals surface area contributed by atoms with Gasteiger partial charge in [-0.15, -0.1) is 0 Å². The van der Waals surface area contributed by atoms with Gasteiger partial charge in [-0.1, -0.05) is 56.6 Å². The molecule has 0 aliphatic carbocycles. The number of anilines is 1. The zero-order valence-electron chi connectivity index (χ0n) is 13.3. The fourth-order valence-corrected chi connectivity index (χ4v) is 2.61. The molecule has 1 atom stereocenters. The molecule has 1 N–H and O–H groups in total. The Morgan fingerprint density at radius 1 is 1.05 bits per heavy atom. The van der Waals surface area contributed by atoms with Crippen molar-refractivity contribution in [1.82, 2.24) is 0 Å². The van der Waals surface area contributed by atoms with E-state index < -0.39 is 0 Å². The highest BCUT2D eigenvalue weighted by Crippen LogP contribution is 2.27. The molecule has 0 fully saturated rings. The second kappa shape index (κ2) is 7.00. The molecule has 2 aromatic rings. The van der Waals surface area contributed by atoms with Gasteiger partial charge >= 0.3 is 0 Å². The molecule has 21 heavy (non-hydrogen) atoms. The standard InChI is InChI=1S/C19H24ClN/c1-5-19(16-9-10-18(20)14(4)11-16)21-17-8-6-7-15(12-17)13(2)3/h6-13,19,21H,5H2,1-4H3/t19-/m1/s1. The maximum absolute atomic E-state index is 6.12. The minimum Gasteiger partial charge on any atom is -0.378 e. The van der Waals surface area contributed by atoms with Crippen LogP contribution in [0.5, 0.6) is 0 Å². The Balaban J connectivity index is 2.22. The van der Waals surface area contributed by atoms with Crippen LogP contribution in [-0.2, 0) is 0 Å². The summed E-state index contributed by atoms with van der Waals surface area (Å²) in [6, 6.07) is 15.3. The van der Waals surface area contributed by atoms with Crippen molar-refractivity contribution in [1.29, 1.82) is 0 Å². The van der Waals surface area contributed by atoms with Crippen LogP contribution in [0, 0.1) is 6.92 Å². The number of nitrogens with one attached hydrogen (secondary N) is 1. The molecular formula is C19H24ClN. The molecule has 2 aromatic carbocycles. The molecule has 0 aliphatic heterocycles. The Bertz CT molecular complexity index is 604. The van der Waals surface area contributed by atoms with Crippen LogP contribution in [0.4, 0.5) is 5.69 Å². The van der Waals surface area contributed by atoms with Gasteiger partial charge in [-0.25, -0.2) is 0 Å². The zero-order valence-corrected chi connectivity index (χ0v) is 14.0. The largest absolute Gasteiger partial charge is 0.378 e. The molecular weight excluding hydrogens is 278 g/mol. The summed E-state index contributed by atoms with van der Waals surface area (Å²) in [7, 11) is 0. The zero-order chi connectivity index (χ0) is 15.4. The topological polar surface area (TPSA) is 12.0 Å². The molecule has 2 heteroatoms. The van der Waals surface area contributed by atoms with Gasteiger partial charge in [-0.05, 0) is 54.2 Å². The Kier molecular flexibility index (Phi) is 5.30. The SMILES string of the molecule is CC[C@@H](Nc1cccc(C(C)C)c1)c1ccc(Cl)c(C)c1. The maximum Gasteiger partial charge on any atom is 0.0511 e. The lowest BCUT2D eigenvalue weighted by Gasteiger charge is -2.20. The Morgan fingerprint density at radius 2 is 1.81 bits per heavy atom. The van der Waals surface area contributed by atoms with E-state index in [2.05, 4.69) is 69.4 Å². The molecule has 0 saturated heterocycles. The molecule has 0 heterocycles. The van der Waals surface area contributed by atoms with Gasteiger partial charge in [0.15, 0.2) is 0 Å². The van der Waals surface area contributed by atoms with Crippen LogP contribution in [0.1, 0.15) is 55.8 Å². The first-order valence-corrected chi connectivity index (χ1v) is 8.01. The number of rotatable bonds is 5. The third-order valence-corrected chi connectivity index (χ3v) is 4.31. The summed E-state index contributed by atoms with van der Waals surface area (Å²) in [6.45, 7) is 8.70. The fourth-order valence-electron chi connectivity index (χ4n) is 2.49. The number of aryl methyl sites for hydroxylation is 1. The predicted octanol–water partition coefficient (Wildman–Crippen LogP) is 6.34. The van der Waals surface area contributed by atoms with Crippen molar-refractivity contribution >= 4 is 17.3 Å². The van der Waals surface area contributed by atoms with Crippen LogP contribution in [-0.4, -0.2) is 0 Å². The van der Waals surface area contributed by atoms with E-state index in [4.69, 9.17) is 11.6 Å². The molecule has 0 amide bonds. The summed E-state index contributed by atoms with van der Waals surface area (Å²) in [5.74, 6) is 0.546. The Labute approximate surface area is 133 Å². The maximum atomic E-state index is 6.12. The van der Waals surface area contributed by atoms with Crippen LogP contribution in [0.15, 0.2) is 42.5 Å².